The second kappa shape index (κ2) is 3.43. The fraction of sp³-hybridized carbons (Fsp3) is 0. The van der Waals surface area contributed by atoms with E-state index < -0.39 is 5.82 Å². The molecule has 4 N–H and O–H groups in total. The predicted octanol–water partition coefficient (Wildman–Crippen LogP) is 1.83. The Kier molecular flexibility index (Phi) is 2.24. The Morgan fingerprint density at radius 2 is 2.07 bits per heavy atom. The average Bonchev–Trinajstić information content (AvgIpc) is 2.68. The van der Waals surface area contributed by atoms with Crippen molar-refractivity contribution in [1.82, 2.24) is 9.78 Å². The number of benzene rings is 1. The molecule has 1 aromatic carbocycles. The summed E-state index contributed by atoms with van der Waals surface area (Å²) < 4.78 is 15.0. The number of anilines is 2. The van der Waals surface area contributed by atoms with Crippen LogP contribution in [0.1, 0.15) is 0 Å². The van der Waals surface area contributed by atoms with Gasteiger partial charge in [-0.25, -0.2) is 9.07 Å². The second-order valence-electron chi connectivity index (χ2n) is 2.98. The van der Waals surface area contributed by atoms with E-state index in [9.17, 15) is 4.39 Å². The SMILES string of the molecule is Nc1cc(N)c(-n2cccn2)c(F)c1Cl. The molecule has 0 unspecified atom stereocenters. The summed E-state index contributed by atoms with van der Waals surface area (Å²) in [6.07, 6.45) is 3.09. The van der Waals surface area contributed by atoms with E-state index in [2.05, 4.69) is 5.10 Å². The van der Waals surface area contributed by atoms with Gasteiger partial charge in [0, 0.05) is 12.4 Å². The Hall–Kier alpha value is -1.75. The van der Waals surface area contributed by atoms with Crippen LogP contribution in [-0.2, 0) is 0 Å². The van der Waals surface area contributed by atoms with Crippen LogP contribution < -0.4 is 11.5 Å². The number of rotatable bonds is 1. The molecular formula is C9H8ClFN4. The fourth-order valence-electron chi connectivity index (χ4n) is 1.29. The van der Waals surface area contributed by atoms with Crippen LogP contribution >= 0.6 is 11.6 Å². The summed E-state index contributed by atoms with van der Waals surface area (Å²) in [4.78, 5) is 0. The highest BCUT2D eigenvalue weighted by atomic mass is 35.5. The van der Waals surface area contributed by atoms with E-state index in [0.29, 0.717) is 0 Å². The van der Waals surface area contributed by atoms with Crippen molar-refractivity contribution in [2.45, 2.75) is 0 Å². The molecule has 0 atom stereocenters. The third-order valence-electron chi connectivity index (χ3n) is 1.97. The first-order valence-corrected chi connectivity index (χ1v) is 4.52. The summed E-state index contributed by atoms with van der Waals surface area (Å²) in [6, 6.07) is 3.06. The number of halogens is 2. The van der Waals surface area contributed by atoms with Gasteiger partial charge in [-0.3, -0.25) is 0 Å². The molecule has 1 heterocycles. The lowest BCUT2D eigenvalue weighted by Gasteiger charge is -2.10. The Morgan fingerprint density at radius 1 is 1.33 bits per heavy atom. The molecule has 0 fully saturated rings. The molecule has 0 aliphatic carbocycles. The van der Waals surface area contributed by atoms with Crippen LogP contribution in [0.5, 0.6) is 0 Å². The summed E-state index contributed by atoms with van der Waals surface area (Å²) in [6.45, 7) is 0. The molecule has 4 nitrogen and oxygen atoms in total. The molecule has 0 saturated carbocycles. The number of hydrogen-bond acceptors (Lipinski definition) is 3. The van der Waals surface area contributed by atoms with Gasteiger partial charge in [-0.15, -0.1) is 0 Å². The zero-order chi connectivity index (χ0) is 11.0. The van der Waals surface area contributed by atoms with E-state index in [-0.39, 0.29) is 22.1 Å². The number of nitrogens with zero attached hydrogens (tertiary/aromatic N) is 2. The van der Waals surface area contributed by atoms with Gasteiger partial charge in [0.2, 0.25) is 0 Å². The lowest BCUT2D eigenvalue weighted by atomic mass is 10.2. The van der Waals surface area contributed by atoms with Crippen molar-refractivity contribution >= 4 is 23.0 Å². The molecular weight excluding hydrogens is 219 g/mol. The van der Waals surface area contributed by atoms with Gasteiger partial charge < -0.3 is 11.5 Å². The van der Waals surface area contributed by atoms with Crippen molar-refractivity contribution < 1.29 is 4.39 Å². The molecule has 1 aromatic heterocycles. The molecule has 0 saturated heterocycles. The van der Waals surface area contributed by atoms with Crippen LogP contribution in [0.3, 0.4) is 0 Å². The first-order valence-electron chi connectivity index (χ1n) is 4.14. The van der Waals surface area contributed by atoms with E-state index in [1.165, 1.54) is 16.9 Å². The van der Waals surface area contributed by atoms with Crippen molar-refractivity contribution in [2.75, 3.05) is 11.5 Å². The van der Waals surface area contributed by atoms with Crippen molar-refractivity contribution in [1.29, 1.82) is 0 Å². The summed E-state index contributed by atoms with van der Waals surface area (Å²) in [5.41, 5.74) is 11.5. The monoisotopic (exact) mass is 226 g/mol. The lowest BCUT2D eigenvalue weighted by molar-refractivity contribution is 0.613. The molecule has 0 bridgehead atoms. The molecule has 0 aliphatic rings. The summed E-state index contributed by atoms with van der Waals surface area (Å²) in [7, 11) is 0. The minimum absolute atomic E-state index is 0.110. The summed E-state index contributed by atoms with van der Waals surface area (Å²) >= 11 is 5.68. The van der Waals surface area contributed by atoms with E-state index in [1.54, 1.807) is 12.3 Å². The third-order valence-corrected chi connectivity index (χ3v) is 2.36. The maximum atomic E-state index is 13.7. The van der Waals surface area contributed by atoms with Gasteiger partial charge in [0.05, 0.1) is 11.4 Å². The van der Waals surface area contributed by atoms with Crippen molar-refractivity contribution in [3.8, 4) is 5.69 Å². The Labute approximate surface area is 90.2 Å². The van der Waals surface area contributed by atoms with Crippen molar-refractivity contribution in [3.05, 3.63) is 35.4 Å². The van der Waals surface area contributed by atoms with Crippen LogP contribution in [0.2, 0.25) is 5.02 Å². The molecule has 15 heavy (non-hydrogen) atoms. The van der Waals surface area contributed by atoms with Gasteiger partial charge >= 0.3 is 0 Å². The first kappa shape index (κ1) is 9.79. The van der Waals surface area contributed by atoms with Crippen LogP contribution in [0.4, 0.5) is 15.8 Å². The largest absolute Gasteiger partial charge is 0.397 e. The smallest absolute Gasteiger partial charge is 0.171 e. The highest BCUT2D eigenvalue weighted by Crippen LogP contribution is 2.31. The minimum atomic E-state index is -0.669. The Balaban J connectivity index is 2.72. The van der Waals surface area contributed by atoms with Crippen LogP contribution in [0, 0.1) is 5.82 Å². The standard InChI is InChI=1S/C9H8ClFN4/c10-7-5(12)4-6(13)9(8(7)11)15-3-1-2-14-15/h1-4H,12-13H2. The maximum Gasteiger partial charge on any atom is 0.171 e. The Morgan fingerprint density at radius 3 is 2.67 bits per heavy atom. The summed E-state index contributed by atoms with van der Waals surface area (Å²) in [5.74, 6) is -0.669. The third kappa shape index (κ3) is 1.50. The molecule has 0 spiro atoms. The molecule has 2 aromatic rings. The zero-order valence-electron chi connectivity index (χ0n) is 7.61. The first-order chi connectivity index (χ1) is 7.11. The van der Waals surface area contributed by atoms with Gasteiger partial charge in [0.15, 0.2) is 5.82 Å². The molecule has 78 valence electrons. The van der Waals surface area contributed by atoms with Crippen LogP contribution in [0.25, 0.3) is 5.69 Å². The fourth-order valence-corrected chi connectivity index (χ4v) is 1.43. The van der Waals surface area contributed by atoms with E-state index in [0.717, 1.165) is 0 Å². The van der Waals surface area contributed by atoms with Gasteiger partial charge in [0.1, 0.15) is 10.7 Å². The van der Waals surface area contributed by atoms with Crippen molar-refractivity contribution in [2.24, 2.45) is 0 Å². The van der Waals surface area contributed by atoms with Crippen molar-refractivity contribution in [3.63, 3.8) is 0 Å². The maximum absolute atomic E-state index is 13.7. The normalized spacial score (nSPS) is 10.5. The van der Waals surface area contributed by atoms with Gasteiger partial charge in [-0.2, -0.15) is 5.10 Å². The lowest BCUT2D eigenvalue weighted by Crippen LogP contribution is -2.05. The number of aromatic nitrogens is 2. The number of nitrogens with two attached hydrogens (primary N) is 2. The van der Waals surface area contributed by atoms with Gasteiger partial charge in [-0.1, -0.05) is 11.6 Å². The number of hydrogen-bond donors (Lipinski definition) is 2. The predicted molar refractivity (Wildman–Crippen MR) is 57.4 cm³/mol. The second-order valence-corrected chi connectivity index (χ2v) is 3.36. The molecule has 0 radical (unpaired) electrons. The van der Waals surface area contributed by atoms with Gasteiger partial charge in [-0.05, 0) is 12.1 Å². The van der Waals surface area contributed by atoms with E-state index in [4.69, 9.17) is 23.1 Å². The Bertz CT molecular complexity index is 495. The topological polar surface area (TPSA) is 69.9 Å². The molecule has 2 rings (SSSR count). The highest BCUT2D eigenvalue weighted by Gasteiger charge is 2.15. The molecule has 0 aliphatic heterocycles. The van der Waals surface area contributed by atoms with E-state index >= 15 is 0 Å². The molecule has 0 amide bonds. The minimum Gasteiger partial charge on any atom is -0.397 e. The van der Waals surface area contributed by atoms with Gasteiger partial charge in [0.25, 0.3) is 0 Å². The van der Waals surface area contributed by atoms with E-state index in [1.807, 2.05) is 0 Å². The van der Waals surface area contributed by atoms with Crippen LogP contribution in [0.15, 0.2) is 24.5 Å². The van der Waals surface area contributed by atoms with Crippen LogP contribution in [-0.4, -0.2) is 9.78 Å². The summed E-state index contributed by atoms with van der Waals surface area (Å²) in [5, 5.41) is 3.73. The average molecular weight is 227 g/mol. The molecule has 6 heteroatoms. The number of nitrogen functional groups attached to an aromatic ring is 2. The quantitative estimate of drug-likeness (QED) is 0.729. The zero-order valence-corrected chi connectivity index (χ0v) is 8.37. The highest BCUT2D eigenvalue weighted by molar-refractivity contribution is 6.33.